The number of nitrogens with zero attached hydrogens (tertiary/aromatic N) is 2. The van der Waals surface area contributed by atoms with E-state index >= 15 is 0 Å². The van der Waals surface area contributed by atoms with Gasteiger partial charge in [-0.3, -0.25) is 9.80 Å². The summed E-state index contributed by atoms with van der Waals surface area (Å²) in [6, 6.07) is 0.369. The van der Waals surface area contributed by atoms with Gasteiger partial charge in [0.25, 0.3) is 0 Å². The number of nitrogens with two attached hydrogens (primary N) is 2. The van der Waals surface area contributed by atoms with Crippen LogP contribution in [0.25, 0.3) is 0 Å². The van der Waals surface area contributed by atoms with E-state index < -0.39 is 0 Å². The molecular formula is C16H38N6. The van der Waals surface area contributed by atoms with Crippen molar-refractivity contribution in [2.45, 2.75) is 38.8 Å². The molecule has 2 aliphatic rings. The molecule has 132 valence electrons. The van der Waals surface area contributed by atoms with Crippen molar-refractivity contribution in [2.24, 2.45) is 11.5 Å². The molecule has 0 saturated carbocycles. The first-order valence-corrected chi connectivity index (χ1v) is 8.81. The van der Waals surface area contributed by atoms with Crippen molar-refractivity contribution >= 4 is 0 Å². The number of rotatable bonds is 5. The van der Waals surface area contributed by atoms with Crippen LogP contribution in [0.2, 0.25) is 0 Å². The van der Waals surface area contributed by atoms with E-state index in [2.05, 4.69) is 41.2 Å². The molecule has 6 nitrogen and oxygen atoms in total. The predicted molar refractivity (Wildman–Crippen MR) is 95.2 cm³/mol. The Morgan fingerprint density at radius 1 is 0.955 bits per heavy atom. The van der Waals surface area contributed by atoms with Crippen LogP contribution in [0.1, 0.15) is 27.2 Å². The zero-order valence-electron chi connectivity index (χ0n) is 14.9. The molecule has 0 amide bonds. The highest BCUT2D eigenvalue weighted by Crippen LogP contribution is 2.02. The van der Waals surface area contributed by atoms with E-state index in [9.17, 15) is 0 Å². The smallest absolute Gasteiger partial charge is 0.0226 e. The maximum Gasteiger partial charge on any atom is 0.0226 e. The minimum absolute atomic E-state index is 0.0443. The van der Waals surface area contributed by atoms with Gasteiger partial charge in [-0.2, -0.15) is 0 Å². The highest BCUT2D eigenvalue weighted by atomic mass is 15.2. The fourth-order valence-corrected chi connectivity index (χ4v) is 2.80. The summed E-state index contributed by atoms with van der Waals surface area (Å²) >= 11 is 0. The zero-order chi connectivity index (χ0) is 16.4. The van der Waals surface area contributed by atoms with E-state index in [1.54, 1.807) is 0 Å². The van der Waals surface area contributed by atoms with Gasteiger partial charge < -0.3 is 22.1 Å². The molecule has 2 saturated heterocycles. The van der Waals surface area contributed by atoms with Gasteiger partial charge in [-0.1, -0.05) is 6.92 Å². The van der Waals surface area contributed by atoms with Gasteiger partial charge in [0.05, 0.1) is 0 Å². The number of hydrogen-bond donors (Lipinski definition) is 4. The third-order valence-electron chi connectivity index (χ3n) is 4.07. The molecule has 2 rings (SSSR count). The summed E-state index contributed by atoms with van der Waals surface area (Å²) in [6.07, 6.45) is 1.09. The van der Waals surface area contributed by atoms with Crippen LogP contribution in [0.15, 0.2) is 0 Å². The Bertz CT molecular complexity index is 266. The van der Waals surface area contributed by atoms with Crippen molar-refractivity contribution < 1.29 is 0 Å². The normalized spacial score (nSPS) is 22.8. The average molecular weight is 315 g/mol. The second kappa shape index (κ2) is 10.5. The van der Waals surface area contributed by atoms with Crippen LogP contribution in [0.4, 0.5) is 0 Å². The maximum absolute atomic E-state index is 5.90. The third kappa shape index (κ3) is 9.71. The molecule has 0 spiro atoms. The highest BCUT2D eigenvalue weighted by Gasteiger charge is 2.17. The fourth-order valence-electron chi connectivity index (χ4n) is 2.80. The van der Waals surface area contributed by atoms with Crippen molar-refractivity contribution in [2.75, 3.05) is 65.4 Å². The zero-order valence-corrected chi connectivity index (χ0v) is 14.9. The second-order valence-corrected chi connectivity index (χ2v) is 7.23. The number of hydrogen-bond acceptors (Lipinski definition) is 6. The molecule has 6 N–H and O–H groups in total. The summed E-state index contributed by atoms with van der Waals surface area (Å²) in [5, 5.41) is 6.64. The summed E-state index contributed by atoms with van der Waals surface area (Å²) in [4.78, 5) is 4.85. The van der Waals surface area contributed by atoms with E-state index in [0.29, 0.717) is 6.04 Å². The first-order chi connectivity index (χ1) is 10.4. The van der Waals surface area contributed by atoms with E-state index in [4.69, 9.17) is 11.5 Å². The van der Waals surface area contributed by atoms with Crippen molar-refractivity contribution in [3.63, 3.8) is 0 Å². The molecule has 22 heavy (non-hydrogen) atoms. The molecule has 2 aliphatic heterocycles. The SMILES string of the molecule is CC(C)(N)CN1CCNCC1.CCC(N)CN1CCNCC1. The number of piperazine rings is 2. The molecular weight excluding hydrogens is 276 g/mol. The van der Waals surface area contributed by atoms with E-state index in [1.165, 1.54) is 0 Å². The topological polar surface area (TPSA) is 82.6 Å². The second-order valence-electron chi connectivity index (χ2n) is 7.23. The standard InChI is InChI=1S/2C8H19N3/c1-8(2,9)7-11-5-3-10-4-6-11;1-2-8(9)7-11-5-3-10-4-6-11/h10H,3-7,9H2,1-2H3;8,10H,2-7,9H2,1H3. The summed E-state index contributed by atoms with van der Waals surface area (Å²) in [7, 11) is 0. The van der Waals surface area contributed by atoms with Crippen LogP contribution >= 0.6 is 0 Å². The fraction of sp³-hybridized carbons (Fsp3) is 1.00. The Hall–Kier alpha value is -0.240. The van der Waals surface area contributed by atoms with Crippen LogP contribution in [0.3, 0.4) is 0 Å². The van der Waals surface area contributed by atoms with Crippen molar-refractivity contribution in [1.82, 2.24) is 20.4 Å². The lowest BCUT2D eigenvalue weighted by Crippen LogP contribution is -2.51. The van der Waals surface area contributed by atoms with Crippen LogP contribution < -0.4 is 22.1 Å². The minimum Gasteiger partial charge on any atom is -0.327 e. The molecule has 1 unspecified atom stereocenters. The first kappa shape index (κ1) is 19.8. The molecule has 0 bridgehead atoms. The van der Waals surface area contributed by atoms with Gasteiger partial charge in [0.1, 0.15) is 0 Å². The highest BCUT2D eigenvalue weighted by molar-refractivity contribution is 4.79. The molecule has 1 atom stereocenters. The predicted octanol–water partition coefficient (Wildman–Crippen LogP) is -0.742. The molecule has 2 heterocycles. The van der Waals surface area contributed by atoms with Crippen LogP contribution in [-0.4, -0.2) is 86.8 Å². The lowest BCUT2D eigenvalue weighted by Gasteiger charge is -2.32. The van der Waals surface area contributed by atoms with Crippen LogP contribution in [-0.2, 0) is 0 Å². The van der Waals surface area contributed by atoms with E-state index in [1.807, 2.05) is 0 Å². The summed E-state index contributed by atoms with van der Waals surface area (Å²) < 4.78 is 0. The van der Waals surface area contributed by atoms with Gasteiger partial charge in [0, 0.05) is 77.0 Å². The lowest BCUT2D eigenvalue weighted by atomic mass is 10.1. The quantitative estimate of drug-likeness (QED) is 0.535. The average Bonchev–Trinajstić information content (AvgIpc) is 2.48. The molecule has 0 aromatic heterocycles. The molecule has 0 aromatic carbocycles. The van der Waals surface area contributed by atoms with Gasteiger partial charge in [-0.05, 0) is 20.3 Å². The van der Waals surface area contributed by atoms with Crippen molar-refractivity contribution in [1.29, 1.82) is 0 Å². The Balaban J connectivity index is 0.000000220. The van der Waals surface area contributed by atoms with Gasteiger partial charge in [-0.25, -0.2) is 0 Å². The monoisotopic (exact) mass is 314 g/mol. The summed E-state index contributed by atoms with van der Waals surface area (Å²) in [5.41, 5.74) is 11.7. The van der Waals surface area contributed by atoms with Gasteiger partial charge in [0.2, 0.25) is 0 Å². The van der Waals surface area contributed by atoms with Gasteiger partial charge in [0.15, 0.2) is 0 Å². The van der Waals surface area contributed by atoms with Gasteiger partial charge in [-0.15, -0.1) is 0 Å². The minimum atomic E-state index is -0.0443. The molecule has 6 heteroatoms. The molecule has 2 fully saturated rings. The molecule has 0 aliphatic carbocycles. The number of nitrogens with one attached hydrogen (secondary N) is 2. The molecule has 0 aromatic rings. The van der Waals surface area contributed by atoms with Crippen LogP contribution in [0.5, 0.6) is 0 Å². The van der Waals surface area contributed by atoms with Crippen molar-refractivity contribution in [3.05, 3.63) is 0 Å². The molecule has 0 radical (unpaired) electrons. The summed E-state index contributed by atoms with van der Waals surface area (Å²) in [5.74, 6) is 0. The summed E-state index contributed by atoms with van der Waals surface area (Å²) in [6.45, 7) is 17.4. The Morgan fingerprint density at radius 3 is 1.82 bits per heavy atom. The maximum atomic E-state index is 5.90. The largest absolute Gasteiger partial charge is 0.327 e. The van der Waals surface area contributed by atoms with Crippen LogP contribution in [0, 0.1) is 0 Å². The first-order valence-electron chi connectivity index (χ1n) is 8.81. The Labute approximate surface area is 137 Å². The van der Waals surface area contributed by atoms with E-state index in [-0.39, 0.29) is 5.54 Å². The Morgan fingerprint density at radius 2 is 1.41 bits per heavy atom. The lowest BCUT2D eigenvalue weighted by molar-refractivity contribution is 0.202. The third-order valence-corrected chi connectivity index (χ3v) is 4.07. The van der Waals surface area contributed by atoms with E-state index in [0.717, 1.165) is 71.9 Å². The Kier molecular flexibility index (Phi) is 9.47. The van der Waals surface area contributed by atoms with Gasteiger partial charge >= 0.3 is 0 Å². The van der Waals surface area contributed by atoms with Crippen molar-refractivity contribution in [3.8, 4) is 0 Å².